The second-order valence-corrected chi connectivity index (χ2v) is 11.1. The van der Waals surface area contributed by atoms with Crippen molar-refractivity contribution in [2.75, 3.05) is 18.1 Å². The molecule has 0 aliphatic rings. The zero-order valence-electron chi connectivity index (χ0n) is 23.0. The molecule has 1 unspecified atom stereocenters. The molecule has 2 aromatic heterocycles. The predicted octanol–water partition coefficient (Wildman–Crippen LogP) is 7.46. The van der Waals surface area contributed by atoms with E-state index in [1.165, 1.54) is 6.33 Å². The molecule has 3 aromatic carbocycles. The summed E-state index contributed by atoms with van der Waals surface area (Å²) in [7, 11) is 1.83. The van der Waals surface area contributed by atoms with Crippen molar-refractivity contribution in [3.05, 3.63) is 108 Å². The minimum Gasteiger partial charge on any atom is -0.399 e. The number of nitrogens with one attached hydrogen (secondary N) is 1. The number of nitrogens with two attached hydrogens (primary N) is 1. The maximum Gasteiger partial charge on any atom is 0.254 e. The van der Waals surface area contributed by atoms with Crippen LogP contribution < -0.4 is 11.1 Å². The van der Waals surface area contributed by atoms with Crippen LogP contribution in [-0.4, -0.2) is 32.8 Å². The van der Waals surface area contributed by atoms with Crippen LogP contribution in [0.4, 0.5) is 17.2 Å². The Kier molecular flexibility index (Phi) is 7.98. The summed E-state index contributed by atoms with van der Waals surface area (Å²) in [6.45, 7) is 6.24. The molecule has 40 heavy (non-hydrogen) atoms. The van der Waals surface area contributed by atoms with E-state index in [4.69, 9.17) is 10.7 Å². The van der Waals surface area contributed by atoms with Crippen molar-refractivity contribution in [2.45, 2.75) is 42.5 Å². The summed E-state index contributed by atoms with van der Waals surface area (Å²) < 4.78 is 0. The number of nitrogens with zero attached hydrogens (tertiary/aromatic N) is 4. The standard InChI is InChI=1S/C32H32N6OS/c1-20(2)27-16-15-26-30(36-27)34-19-35-31(26)37-28-18-23(10-17-29(28)40-25-13-11-24(33)12-14-25)32(39)38(4)21(3)22-8-6-5-7-9-22/h5-21H,33H2,1-4H3,(H,34,35,36,37). The van der Waals surface area contributed by atoms with Crippen LogP contribution in [0.3, 0.4) is 0 Å². The molecule has 2 heterocycles. The van der Waals surface area contributed by atoms with E-state index < -0.39 is 0 Å². The Balaban J connectivity index is 1.52. The van der Waals surface area contributed by atoms with E-state index in [0.717, 1.165) is 32.1 Å². The second-order valence-electron chi connectivity index (χ2n) is 9.99. The topological polar surface area (TPSA) is 97.0 Å². The number of anilines is 3. The smallest absolute Gasteiger partial charge is 0.254 e. The van der Waals surface area contributed by atoms with Crippen LogP contribution in [0.2, 0.25) is 0 Å². The maximum atomic E-state index is 13.6. The first-order chi connectivity index (χ1) is 19.3. The van der Waals surface area contributed by atoms with Gasteiger partial charge in [-0.2, -0.15) is 0 Å². The molecule has 0 spiro atoms. The van der Waals surface area contributed by atoms with Gasteiger partial charge in [-0.3, -0.25) is 4.79 Å². The summed E-state index contributed by atoms with van der Waals surface area (Å²) in [5.41, 5.74) is 10.6. The number of pyridine rings is 1. The third kappa shape index (κ3) is 5.92. The molecule has 7 nitrogen and oxygen atoms in total. The molecule has 0 bridgehead atoms. The third-order valence-corrected chi connectivity index (χ3v) is 7.96. The van der Waals surface area contributed by atoms with E-state index in [-0.39, 0.29) is 17.9 Å². The highest BCUT2D eigenvalue weighted by Gasteiger charge is 2.21. The van der Waals surface area contributed by atoms with Crippen LogP contribution >= 0.6 is 11.8 Å². The summed E-state index contributed by atoms with van der Waals surface area (Å²) in [6, 6.07) is 27.4. The lowest BCUT2D eigenvalue weighted by molar-refractivity contribution is 0.0742. The normalized spacial score (nSPS) is 11.9. The molecule has 5 rings (SSSR count). The number of carbonyl (C=O) groups excluding carboxylic acids is 1. The predicted molar refractivity (Wildman–Crippen MR) is 163 cm³/mol. The van der Waals surface area contributed by atoms with Crippen LogP contribution in [-0.2, 0) is 0 Å². The van der Waals surface area contributed by atoms with Gasteiger partial charge >= 0.3 is 0 Å². The Morgan fingerprint density at radius 2 is 1.68 bits per heavy atom. The second kappa shape index (κ2) is 11.8. The van der Waals surface area contributed by atoms with Crippen LogP contribution in [0.15, 0.2) is 101 Å². The number of hydrogen-bond acceptors (Lipinski definition) is 7. The first kappa shape index (κ1) is 27.1. The van der Waals surface area contributed by atoms with E-state index in [1.807, 2.05) is 98.9 Å². The van der Waals surface area contributed by atoms with Crippen LogP contribution in [0.1, 0.15) is 54.3 Å². The van der Waals surface area contributed by atoms with Crippen LogP contribution in [0.5, 0.6) is 0 Å². The summed E-state index contributed by atoms with van der Waals surface area (Å²) in [4.78, 5) is 31.0. The number of amides is 1. The number of nitrogen functional groups attached to an aromatic ring is 1. The van der Waals surface area contributed by atoms with E-state index >= 15 is 0 Å². The number of fused-ring (bicyclic) bond motifs is 1. The van der Waals surface area contributed by atoms with Crippen molar-refractivity contribution in [2.24, 2.45) is 0 Å². The Morgan fingerprint density at radius 3 is 2.40 bits per heavy atom. The van der Waals surface area contributed by atoms with Gasteiger partial charge in [0.05, 0.1) is 17.1 Å². The Labute approximate surface area is 238 Å². The van der Waals surface area contributed by atoms with Gasteiger partial charge in [-0.05, 0) is 73.0 Å². The highest BCUT2D eigenvalue weighted by Crippen LogP contribution is 2.37. The fourth-order valence-corrected chi connectivity index (χ4v) is 5.24. The van der Waals surface area contributed by atoms with Crippen LogP contribution in [0.25, 0.3) is 11.0 Å². The molecular formula is C32H32N6OS. The van der Waals surface area contributed by atoms with Crippen molar-refractivity contribution in [3.8, 4) is 0 Å². The van der Waals surface area contributed by atoms with Gasteiger partial charge in [0, 0.05) is 33.8 Å². The van der Waals surface area contributed by atoms with Crippen molar-refractivity contribution in [3.63, 3.8) is 0 Å². The molecule has 0 aliphatic carbocycles. The number of aromatic nitrogens is 3. The van der Waals surface area contributed by atoms with Gasteiger partial charge in [-0.1, -0.05) is 55.9 Å². The molecule has 3 N–H and O–H groups in total. The summed E-state index contributed by atoms with van der Waals surface area (Å²) in [5.74, 6) is 0.846. The van der Waals surface area contributed by atoms with Gasteiger partial charge in [0.15, 0.2) is 5.65 Å². The van der Waals surface area contributed by atoms with E-state index in [0.29, 0.717) is 22.7 Å². The minimum absolute atomic E-state index is 0.0702. The average Bonchev–Trinajstić information content (AvgIpc) is 2.98. The molecule has 1 amide bonds. The lowest BCUT2D eigenvalue weighted by atomic mass is 10.1. The molecule has 0 aliphatic heterocycles. The molecule has 0 saturated carbocycles. The molecule has 8 heteroatoms. The Hall–Kier alpha value is -4.43. The maximum absolute atomic E-state index is 13.6. The molecule has 202 valence electrons. The van der Waals surface area contributed by atoms with Crippen molar-refractivity contribution in [1.29, 1.82) is 0 Å². The van der Waals surface area contributed by atoms with Crippen LogP contribution in [0, 0.1) is 0 Å². The zero-order valence-corrected chi connectivity index (χ0v) is 23.8. The average molecular weight is 549 g/mol. The molecule has 5 aromatic rings. The van der Waals surface area contributed by atoms with E-state index in [9.17, 15) is 4.79 Å². The van der Waals surface area contributed by atoms with Gasteiger partial charge in [0.25, 0.3) is 5.91 Å². The Morgan fingerprint density at radius 1 is 0.925 bits per heavy atom. The number of rotatable bonds is 8. The summed E-state index contributed by atoms with van der Waals surface area (Å²) in [5, 5.41) is 4.29. The van der Waals surface area contributed by atoms with Gasteiger partial charge in [-0.15, -0.1) is 0 Å². The van der Waals surface area contributed by atoms with Gasteiger partial charge in [-0.25, -0.2) is 15.0 Å². The molecule has 0 radical (unpaired) electrons. The fourth-order valence-electron chi connectivity index (χ4n) is 4.35. The van der Waals surface area contributed by atoms with E-state index in [2.05, 4.69) is 29.1 Å². The van der Waals surface area contributed by atoms with Crippen molar-refractivity contribution >= 4 is 45.9 Å². The number of benzene rings is 3. The lowest BCUT2D eigenvalue weighted by Crippen LogP contribution is -2.29. The SMILES string of the molecule is CC(C)c1ccc2c(Nc3cc(C(=O)N(C)C(C)c4ccccc4)ccc3Sc3ccc(N)cc3)ncnc2n1. The van der Waals surface area contributed by atoms with Crippen molar-refractivity contribution in [1.82, 2.24) is 19.9 Å². The van der Waals surface area contributed by atoms with E-state index in [1.54, 1.807) is 16.7 Å². The largest absolute Gasteiger partial charge is 0.399 e. The fraction of sp³-hybridized carbons (Fsp3) is 0.188. The Bertz CT molecular complexity index is 1640. The lowest BCUT2D eigenvalue weighted by Gasteiger charge is -2.26. The summed E-state index contributed by atoms with van der Waals surface area (Å²) in [6.07, 6.45) is 1.51. The van der Waals surface area contributed by atoms with Crippen molar-refractivity contribution < 1.29 is 4.79 Å². The van der Waals surface area contributed by atoms with Gasteiger partial charge in [0.2, 0.25) is 0 Å². The third-order valence-electron chi connectivity index (χ3n) is 6.88. The highest BCUT2D eigenvalue weighted by atomic mass is 32.2. The highest BCUT2D eigenvalue weighted by molar-refractivity contribution is 7.99. The monoisotopic (exact) mass is 548 g/mol. The molecular weight excluding hydrogens is 516 g/mol. The zero-order chi connectivity index (χ0) is 28.2. The number of carbonyl (C=O) groups is 1. The quantitative estimate of drug-likeness (QED) is 0.194. The first-order valence-electron chi connectivity index (χ1n) is 13.2. The molecule has 1 atom stereocenters. The van der Waals surface area contributed by atoms with Gasteiger partial charge < -0.3 is 16.0 Å². The molecule has 0 saturated heterocycles. The molecule has 0 fully saturated rings. The minimum atomic E-state index is -0.0824. The van der Waals surface area contributed by atoms with Gasteiger partial charge in [0.1, 0.15) is 12.1 Å². The number of hydrogen-bond donors (Lipinski definition) is 2. The summed E-state index contributed by atoms with van der Waals surface area (Å²) >= 11 is 1.58. The first-order valence-corrected chi connectivity index (χ1v) is 14.0.